The zero-order valence-corrected chi connectivity index (χ0v) is 19.8. The summed E-state index contributed by atoms with van der Waals surface area (Å²) in [5.74, 6) is 0.618. The van der Waals surface area contributed by atoms with Gasteiger partial charge in [-0.15, -0.1) is 0 Å². The average molecular weight is 470 g/mol. The number of hydrogen-bond donors (Lipinski definition) is 1. The van der Waals surface area contributed by atoms with E-state index >= 15 is 0 Å². The monoisotopic (exact) mass is 469 g/mol. The van der Waals surface area contributed by atoms with Gasteiger partial charge in [0.05, 0.1) is 23.5 Å². The van der Waals surface area contributed by atoms with Crippen LogP contribution in [0.4, 0.5) is 10.2 Å². The van der Waals surface area contributed by atoms with Gasteiger partial charge in [-0.3, -0.25) is 4.79 Å². The summed E-state index contributed by atoms with van der Waals surface area (Å²) >= 11 is 0. The maximum atomic E-state index is 13.7. The van der Waals surface area contributed by atoms with Crippen LogP contribution in [0.5, 0.6) is 0 Å². The third-order valence-electron chi connectivity index (χ3n) is 7.50. The summed E-state index contributed by atoms with van der Waals surface area (Å²) in [7, 11) is 0. The first-order chi connectivity index (χ1) is 17.0. The van der Waals surface area contributed by atoms with Crippen molar-refractivity contribution in [2.75, 3.05) is 11.9 Å². The van der Waals surface area contributed by atoms with Gasteiger partial charge >= 0.3 is 0 Å². The van der Waals surface area contributed by atoms with Crippen LogP contribution < -0.4 is 10.9 Å². The molecule has 1 spiro atoms. The maximum Gasteiger partial charge on any atom is 0.271 e. The molecule has 1 aliphatic carbocycles. The highest BCUT2D eigenvalue weighted by atomic mass is 19.1. The van der Waals surface area contributed by atoms with Crippen molar-refractivity contribution in [2.24, 2.45) is 5.41 Å². The van der Waals surface area contributed by atoms with Gasteiger partial charge in [0.1, 0.15) is 17.3 Å². The molecule has 35 heavy (non-hydrogen) atoms. The Bertz CT molecular complexity index is 1450. The molecule has 0 bridgehead atoms. The Morgan fingerprint density at radius 3 is 2.49 bits per heavy atom. The molecule has 0 saturated heterocycles. The van der Waals surface area contributed by atoms with E-state index in [-0.39, 0.29) is 16.8 Å². The summed E-state index contributed by atoms with van der Waals surface area (Å²) in [5, 5.41) is 13.5. The fourth-order valence-electron chi connectivity index (χ4n) is 5.61. The molecule has 3 heterocycles. The predicted molar refractivity (Wildman–Crippen MR) is 135 cm³/mol. The summed E-state index contributed by atoms with van der Waals surface area (Å²) in [5.41, 5.74) is 4.78. The molecular weight excluding hydrogens is 441 g/mol. The van der Waals surface area contributed by atoms with E-state index in [0.717, 1.165) is 47.0 Å². The van der Waals surface area contributed by atoms with Crippen molar-refractivity contribution in [3.63, 3.8) is 0 Å². The van der Waals surface area contributed by atoms with Gasteiger partial charge in [-0.25, -0.2) is 9.07 Å². The number of hydrogen-bond acceptors (Lipinski definition) is 4. The van der Waals surface area contributed by atoms with Crippen molar-refractivity contribution in [3.05, 3.63) is 82.4 Å². The number of fused-ring (bicyclic) bond motifs is 1. The van der Waals surface area contributed by atoms with Crippen LogP contribution in [0.1, 0.15) is 37.7 Å². The van der Waals surface area contributed by atoms with E-state index in [1.165, 1.54) is 48.9 Å². The smallest absolute Gasteiger partial charge is 0.271 e. The molecule has 178 valence electrons. The van der Waals surface area contributed by atoms with Crippen molar-refractivity contribution < 1.29 is 4.39 Å². The number of aryl methyl sites for hydroxylation is 1. The summed E-state index contributed by atoms with van der Waals surface area (Å²) in [6.45, 7) is 3.71. The number of benzene rings is 2. The minimum atomic E-state index is -0.287. The molecule has 0 atom stereocenters. The molecule has 4 aromatic rings. The van der Waals surface area contributed by atoms with Gasteiger partial charge in [0.2, 0.25) is 0 Å². The second kappa shape index (κ2) is 8.48. The minimum Gasteiger partial charge on any atom is -0.369 e. The lowest BCUT2D eigenvalue weighted by Crippen LogP contribution is -2.41. The first-order valence-electron chi connectivity index (χ1n) is 12.3. The van der Waals surface area contributed by atoms with Crippen LogP contribution in [-0.2, 0) is 6.54 Å². The van der Waals surface area contributed by atoms with E-state index in [1.807, 2.05) is 31.2 Å². The molecule has 2 aromatic carbocycles. The van der Waals surface area contributed by atoms with Crippen LogP contribution in [-0.4, -0.2) is 26.1 Å². The molecule has 6 nitrogen and oxygen atoms in total. The SMILES string of the molecule is Cc1ccccc1-n1nc(-c2c(-c3ccc(F)cc3)nn3c2NCC2(CCCCC2)C3)ccc1=O. The number of halogens is 1. The molecule has 1 N–H and O–H groups in total. The first kappa shape index (κ1) is 21.8. The molecule has 1 aliphatic heterocycles. The third-order valence-corrected chi connectivity index (χ3v) is 7.50. The van der Waals surface area contributed by atoms with Crippen LogP contribution in [0.3, 0.4) is 0 Å². The second-order valence-corrected chi connectivity index (χ2v) is 9.91. The van der Waals surface area contributed by atoms with Crippen LogP contribution in [0, 0.1) is 18.2 Å². The molecule has 1 saturated carbocycles. The van der Waals surface area contributed by atoms with Crippen molar-refractivity contribution in [1.82, 2.24) is 19.6 Å². The maximum absolute atomic E-state index is 13.7. The van der Waals surface area contributed by atoms with Gasteiger partial charge < -0.3 is 5.32 Å². The molecule has 1 fully saturated rings. The largest absolute Gasteiger partial charge is 0.369 e. The van der Waals surface area contributed by atoms with E-state index in [0.29, 0.717) is 5.69 Å². The number of rotatable bonds is 3. The van der Waals surface area contributed by atoms with Gasteiger partial charge in [0, 0.05) is 23.6 Å². The lowest BCUT2D eigenvalue weighted by molar-refractivity contribution is 0.157. The molecule has 7 heteroatoms. The Morgan fingerprint density at radius 2 is 1.71 bits per heavy atom. The number of anilines is 1. The van der Waals surface area contributed by atoms with Crippen LogP contribution in [0.15, 0.2) is 65.5 Å². The Kier molecular flexibility index (Phi) is 5.28. The van der Waals surface area contributed by atoms with Crippen molar-refractivity contribution in [2.45, 2.75) is 45.6 Å². The number of nitrogens with one attached hydrogen (secondary N) is 1. The van der Waals surface area contributed by atoms with E-state index in [9.17, 15) is 9.18 Å². The molecule has 0 unspecified atom stereocenters. The molecule has 2 aliphatic rings. The van der Waals surface area contributed by atoms with Gasteiger partial charge in [-0.2, -0.15) is 14.9 Å². The Labute approximate surface area is 203 Å². The van der Waals surface area contributed by atoms with E-state index in [2.05, 4.69) is 10.00 Å². The summed E-state index contributed by atoms with van der Waals surface area (Å²) in [6, 6.07) is 17.4. The Morgan fingerprint density at radius 1 is 0.943 bits per heavy atom. The molecular formula is C28H28FN5O. The zero-order chi connectivity index (χ0) is 24.0. The normalized spacial score (nSPS) is 16.6. The average Bonchev–Trinajstić information content (AvgIpc) is 3.24. The van der Waals surface area contributed by atoms with Gasteiger partial charge in [-0.1, -0.05) is 37.5 Å². The molecule has 2 aromatic heterocycles. The molecule has 6 rings (SSSR count). The number of aromatic nitrogens is 4. The topological polar surface area (TPSA) is 64.7 Å². The zero-order valence-electron chi connectivity index (χ0n) is 19.8. The van der Waals surface area contributed by atoms with E-state index < -0.39 is 0 Å². The lowest BCUT2D eigenvalue weighted by Gasteiger charge is -2.41. The van der Waals surface area contributed by atoms with E-state index in [1.54, 1.807) is 24.3 Å². The predicted octanol–water partition coefficient (Wildman–Crippen LogP) is 5.59. The standard InChI is InChI=1S/C28H28FN5O/c1-19-7-3-4-8-23(19)34-24(35)14-13-22(31-34)25-26(20-9-11-21(29)12-10-20)32-33-18-28(17-30-27(25)33)15-5-2-6-16-28/h3-4,7-14,30H,2,5-6,15-18H2,1H3. The van der Waals surface area contributed by atoms with Crippen molar-refractivity contribution >= 4 is 5.82 Å². The Hall–Kier alpha value is -3.74. The van der Waals surface area contributed by atoms with Gasteiger partial charge in [0.15, 0.2) is 0 Å². The molecule has 0 radical (unpaired) electrons. The van der Waals surface area contributed by atoms with Gasteiger partial charge in [-0.05, 0) is 61.7 Å². The first-order valence-corrected chi connectivity index (χ1v) is 12.3. The summed E-state index contributed by atoms with van der Waals surface area (Å²) in [6.07, 6.45) is 6.18. The fraction of sp³-hybridized carbons (Fsp3) is 0.321. The lowest BCUT2D eigenvalue weighted by atomic mass is 9.73. The number of nitrogens with zero attached hydrogens (tertiary/aromatic N) is 4. The highest BCUT2D eigenvalue weighted by Gasteiger charge is 2.38. The van der Waals surface area contributed by atoms with Crippen molar-refractivity contribution in [1.29, 1.82) is 0 Å². The third kappa shape index (κ3) is 3.85. The highest BCUT2D eigenvalue weighted by Crippen LogP contribution is 2.45. The van der Waals surface area contributed by atoms with Crippen LogP contribution in [0.25, 0.3) is 28.2 Å². The summed E-state index contributed by atoms with van der Waals surface area (Å²) < 4.78 is 17.2. The van der Waals surface area contributed by atoms with Gasteiger partial charge in [0.25, 0.3) is 5.56 Å². The Balaban J connectivity index is 1.53. The minimum absolute atomic E-state index is 0.193. The second-order valence-electron chi connectivity index (χ2n) is 9.91. The quantitative estimate of drug-likeness (QED) is 0.425. The fourth-order valence-corrected chi connectivity index (χ4v) is 5.61. The van der Waals surface area contributed by atoms with E-state index in [4.69, 9.17) is 10.2 Å². The highest BCUT2D eigenvalue weighted by molar-refractivity contribution is 5.87. The van der Waals surface area contributed by atoms with Crippen LogP contribution >= 0.6 is 0 Å². The molecule has 0 amide bonds. The van der Waals surface area contributed by atoms with Crippen molar-refractivity contribution in [3.8, 4) is 28.2 Å². The number of para-hydroxylation sites is 1. The van der Waals surface area contributed by atoms with Crippen LogP contribution in [0.2, 0.25) is 0 Å². The summed E-state index contributed by atoms with van der Waals surface area (Å²) in [4.78, 5) is 12.8.